The molecule has 4 nitrogen and oxygen atoms in total. The number of nitrogens with zero attached hydrogens (tertiary/aromatic N) is 3. The number of β-amino-alcohol motifs (C(OH)–C–C–N with tert-alkyl or cyclic N) is 1. The first-order valence-electron chi connectivity index (χ1n) is 4.90. The molecule has 0 atom stereocenters. The molecule has 0 bridgehead atoms. The lowest BCUT2D eigenvalue weighted by Gasteiger charge is -2.46. The van der Waals surface area contributed by atoms with E-state index in [-0.39, 0.29) is 0 Å². The lowest BCUT2D eigenvalue weighted by molar-refractivity contribution is 0.00332. The monoisotopic (exact) mass is 213 g/mol. The molecule has 78 valence electrons. The van der Waals surface area contributed by atoms with Crippen LogP contribution in [-0.2, 0) is 0 Å². The van der Waals surface area contributed by atoms with Crippen LogP contribution in [0, 0.1) is 6.92 Å². The molecule has 5 heteroatoms. The summed E-state index contributed by atoms with van der Waals surface area (Å²) >= 11 is 1.58. The molecule has 0 unspecified atom stereocenters. The van der Waals surface area contributed by atoms with E-state index in [0.29, 0.717) is 13.1 Å². The van der Waals surface area contributed by atoms with Gasteiger partial charge in [0.1, 0.15) is 5.01 Å². The van der Waals surface area contributed by atoms with Gasteiger partial charge in [0.25, 0.3) is 0 Å². The summed E-state index contributed by atoms with van der Waals surface area (Å²) in [6.07, 6.45) is 1.90. The van der Waals surface area contributed by atoms with Gasteiger partial charge in [-0.3, -0.25) is 0 Å². The van der Waals surface area contributed by atoms with Crippen LogP contribution in [-0.4, -0.2) is 34.0 Å². The zero-order chi connectivity index (χ0) is 10.2. The van der Waals surface area contributed by atoms with Gasteiger partial charge in [-0.25, -0.2) is 0 Å². The molecule has 1 fully saturated rings. The van der Waals surface area contributed by atoms with Crippen LogP contribution in [0.5, 0.6) is 0 Å². The summed E-state index contributed by atoms with van der Waals surface area (Å²) in [5, 5.41) is 19.9. The summed E-state index contributed by atoms with van der Waals surface area (Å²) in [5.74, 6) is 0. The maximum absolute atomic E-state index is 9.96. The van der Waals surface area contributed by atoms with E-state index in [2.05, 4.69) is 22.0 Å². The van der Waals surface area contributed by atoms with Crippen molar-refractivity contribution < 1.29 is 5.11 Å². The Labute approximate surface area is 87.6 Å². The summed E-state index contributed by atoms with van der Waals surface area (Å²) in [4.78, 5) is 2.08. The molecule has 1 aliphatic rings. The Bertz CT molecular complexity index is 320. The van der Waals surface area contributed by atoms with Gasteiger partial charge >= 0.3 is 0 Å². The smallest absolute Gasteiger partial charge is 0.208 e. The van der Waals surface area contributed by atoms with Crippen LogP contribution >= 0.6 is 11.3 Å². The highest BCUT2D eigenvalue weighted by atomic mass is 32.1. The van der Waals surface area contributed by atoms with Crippen molar-refractivity contribution in [2.75, 3.05) is 18.0 Å². The number of anilines is 1. The molecule has 1 saturated heterocycles. The summed E-state index contributed by atoms with van der Waals surface area (Å²) in [6, 6.07) is 0. The van der Waals surface area contributed by atoms with Gasteiger partial charge in [0.05, 0.1) is 18.7 Å². The normalized spacial score (nSPS) is 19.5. The SMILES string of the molecule is CCCC1(O)CN(c2nnc(C)s2)C1. The van der Waals surface area contributed by atoms with Crippen LogP contribution < -0.4 is 4.90 Å². The molecule has 0 amide bonds. The highest BCUT2D eigenvalue weighted by molar-refractivity contribution is 7.15. The second-order valence-corrected chi connectivity index (χ2v) is 5.09. The second kappa shape index (κ2) is 3.47. The van der Waals surface area contributed by atoms with Gasteiger partial charge in [-0.2, -0.15) is 0 Å². The molecular weight excluding hydrogens is 198 g/mol. The molecule has 1 N–H and O–H groups in total. The highest BCUT2D eigenvalue weighted by Gasteiger charge is 2.41. The van der Waals surface area contributed by atoms with Crippen molar-refractivity contribution in [3.8, 4) is 0 Å². The predicted octanol–water partition coefficient (Wildman–Crippen LogP) is 1.20. The van der Waals surface area contributed by atoms with Gasteiger partial charge < -0.3 is 10.0 Å². The number of aryl methyl sites for hydroxylation is 1. The van der Waals surface area contributed by atoms with Gasteiger partial charge in [-0.05, 0) is 13.3 Å². The van der Waals surface area contributed by atoms with Crippen molar-refractivity contribution in [1.29, 1.82) is 0 Å². The van der Waals surface area contributed by atoms with Gasteiger partial charge in [-0.1, -0.05) is 24.7 Å². The Morgan fingerprint density at radius 3 is 2.71 bits per heavy atom. The van der Waals surface area contributed by atoms with Gasteiger partial charge in [0.15, 0.2) is 0 Å². The number of aliphatic hydroxyl groups is 1. The molecule has 0 aliphatic carbocycles. The molecule has 2 heterocycles. The number of rotatable bonds is 3. The zero-order valence-electron chi connectivity index (χ0n) is 8.53. The van der Waals surface area contributed by atoms with Crippen molar-refractivity contribution in [3.05, 3.63) is 5.01 Å². The zero-order valence-corrected chi connectivity index (χ0v) is 9.34. The fourth-order valence-electron chi connectivity index (χ4n) is 1.84. The molecular formula is C9H15N3OS. The molecule has 0 radical (unpaired) electrons. The number of hydrogen-bond donors (Lipinski definition) is 1. The predicted molar refractivity (Wildman–Crippen MR) is 56.7 cm³/mol. The van der Waals surface area contributed by atoms with Gasteiger partial charge in [0.2, 0.25) is 5.13 Å². The van der Waals surface area contributed by atoms with Crippen LogP contribution in [0.4, 0.5) is 5.13 Å². The Morgan fingerprint density at radius 1 is 1.50 bits per heavy atom. The average Bonchev–Trinajstić information content (AvgIpc) is 2.47. The van der Waals surface area contributed by atoms with Crippen molar-refractivity contribution in [2.24, 2.45) is 0 Å². The Balaban J connectivity index is 1.94. The topological polar surface area (TPSA) is 49.2 Å². The van der Waals surface area contributed by atoms with Crippen LogP contribution in [0.2, 0.25) is 0 Å². The minimum absolute atomic E-state index is 0.478. The van der Waals surface area contributed by atoms with Crippen LogP contribution in [0.3, 0.4) is 0 Å². The van der Waals surface area contributed by atoms with E-state index in [0.717, 1.165) is 23.0 Å². The number of aromatic nitrogens is 2. The summed E-state index contributed by atoms with van der Waals surface area (Å²) in [7, 11) is 0. The molecule has 14 heavy (non-hydrogen) atoms. The maximum Gasteiger partial charge on any atom is 0.208 e. The lowest BCUT2D eigenvalue weighted by Crippen LogP contribution is -2.61. The van der Waals surface area contributed by atoms with Gasteiger partial charge in [-0.15, -0.1) is 10.2 Å². The molecule has 2 rings (SSSR count). The Hall–Kier alpha value is -0.680. The minimum atomic E-state index is -0.478. The largest absolute Gasteiger partial charge is 0.386 e. The van der Waals surface area contributed by atoms with Crippen molar-refractivity contribution in [3.63, 3.8) is 0 Å². The van der Waals surface area contributed by atoms with E-state index >= 15 is 0 Å². The van der Waals surface area contributed by atoms with Crippen molar-refractivity contribution in [2.45, 2.75) is 32.3 Å². The Kier molecular flexibility index (Phi) is 2.45. The second-order valence-electron chi connectivity index (χ2n) is 3.93. The van der Waals surface area contributed by atoms with E-state index in [1.807, 2.05) is 6.92 Å². The van der Waals surface area contributed by atoms with E-state index in [4.69, 9.17) is 0 Å². The first-order chi connectivity index (χ1) is 6.63. The molecule has 1 aliphatic heterocycles. The van der Waals surface area contributed by atoms with Crippen LogP contribution in [0.25, 0.3) is 0 Å². The molecule has 0 spiro atoms. The number of hydrogen-bond acceptors (Lipinski definition) is 5. The summed E-state index contributed by atoms with van der Waals surface area (Å²) < 4.78 is 0. The fourth-order valence-corrected chi connectivity index (χ4v) is 2.52. The third kappa shape index (κ3) is 1.74. The third-order valence-corrected chi connectivity index (χ3v) is 3.37. The van der Waals surface area contributed by atoms with Crippen LogP contribution in [0.15, 0.2) is 0 Å². The minimum Gasteiger partial charge on any atom is -0.386 e. The lowest BCUT2D eigenvalue weighted by atomic mass is 9.90. The van der Waals surface area contributed by atoms with Gasteiger partial charge in [0, 0.05) is 0 Å². The highest BCUT2D eigenvalue weighted by Crippen LogP contribution is 2.32. The van der Waals surface area contributed by atoms with Crippen molar-refractivity contribution >= 4 is 16.5 Å². The maximum atomic E-state index is 9.96. The molecule has 1 aromatic rings. The standard InChI is InChI=1S/C9H15N3OS/c1-3-4-9(13)5-12(6-9)8-11-10-7(2)14-8/h13H,3-6H2,1-2H3. The third-order valence-electron chi connectivity index (χ3n) is 2.47. The van der Waals surface area contributed by atoms with E-state index in [1.54, 1.807) is 11.3 Å². The molecule has 1 aromatic heterocycles. The Morgan fingerprint density at radius 2 is 2.21 bits per heavy atom. The van der Waals surface area contributed by atoms with Crippen LogP contribution in [0.1, 0.15) is 24.8 Å². The quantitative estimate of drug-likeness (QED) is 0.819. The summed E-state index contributed by atoms with van der Waals surface area (Å²) in [5.41, 5.74) is -0.478. The average molecular weight is 213 g/mol. The molecule has 0 saturated carbocycles. The molecule has 0 aromatic carbocycles. The summed E-state index contributed by atoms with van der Waals surface area (Å²) in [6.45, 7) is 5.44. The van der Waals surface area contributed by atoms with Crippen molar-refractivity contribution in [1.82, 2.24) is 10.2 Å². The van der Waals surface area contributed by atoms with E-state index < -0.39 is 5.60 Å². The van der Waals surface area contributed by atoms with E-state index in [1.165, 1.54) is 0 Å². The first-order valence-corrected chi connectivity index (χ1v) is 5.72. The fraction of sp³-hybridized carbons (Fsp3) is 0.778. The first kappa shape index (κ1) is 9.86. The van der Waals surface area contributed by atoms with E-state index in [9.17, 15) is 5.11 Å².